The zero-order valence-corrected chi connectivity index (χ0v) is 12.2. The number of likely N-dealkylation sites (N-methyl/N-ethyl adjacent to an activating group) is 2. The van der Waals surface area contributed by atoms with Crippen molar-refractivity contribution >= 4 is 17.5 Å². The number of aromatic nitrogens is 2. The molecule has 6 heteroatoms. The maximum atomic E-state index is 11.6. The van der Waals surface area contributed by atoms with Gasteiger partial charge >= 0.3 is 0 Å². The van der Waals surface area contributed by atoms with Crippen LogP contribution in [-0.2, 0) is 11.2 Å². The van der Waals surface area contributed by atoms with E-state index >= 15 is 0 Å². The third-order valence-corrected chi connectivity index (χ3v) is 2.74. The van der Waals surface area contributed by atoms with Crippen molar-refractivity contribution in [3.8, 4) is 0 Å². The van der Waals surface area contributed by atoms with E-state index < -0.39 is 0 Å². The number of carbonyl (C=O) groups excluding carboxylic acids is 1. The number of hydrogen-bond acceptors (Lipinski definition) is 5. The minimum atomic E-state index is -0.00401. The molecule has 0 aromatic carbocycles. The lowest BCUT2D eigenvalue weighted by Crippen LogP contribution is -2.35. The number of anilines is 2. The van der Waals surface area contributed by atoms with Crippen molar-refractivity contribution in [2.75, 3.05) is 36.9 Å². The minimum absolute atomic E-state index is 0.00401. The zero-order valence-electron chi connectivity index (χ0n) is 12.2. The van der Waals surface area contributed by atoms with Crippen molar-refractivity contribution < 1.29 is 4.79 Å². The van der Waals surface area contributed by atoms with Gasteiger partial charge in [0, 0.05) is 25.7 Å². The van der Waals surface area contributed by atoms with Gasteiger partial charge < -0.3 is 15.5 Å². The Bertz CT molecular complexity index is 421. The molecule has 0 radical (unpaired) electrons. The Balaban J connectivity index is 2.92. The Hall–Kier alpha value is -1.85. The second-order valence-electron chi connectivity index (χ2n) is 4.22. The molecule has 1 rings (SSSR count). The highest BCUT2D eigenvalue weighted by Crippen LogP contribution is 2.22. The van der Waals surface area contributed by atoms with Gasteiger partial charge in [-0.3, -0.25) is 4.79 Å². The van der Waals surface area contributed by atoms with Crippen LogP contribution < -0.4 is 15.5 Å². The summed E-state index contributed by atoms with van der Waals surface area (Å²) in [6, 6.07) is 0. The Labute approximate surface area is 114 Å². The van der Waals surface area contributed by atoms with Crippen LogP contribution in [0.25, 0.3) is 0 Å². The molecule has 2 N–H and O–H groups in total. The molecule has 0 aliphatic heterocycles. The van der Waals surface area contributed by atoms with E-state index in [1.807, 2.05) is 25.8 Å². The van der Waals surface area contributed by atoms with Crippen molar-refractivity contribution in [3.63, 3.8) is 0 Å². The monoisotopic (exact) mass is 265 g/mol. The first-order valence-electron chi connectivity index (χ1n) is 6.69. The zero-order chi connectivity index (χ0) is 14.3. The fourth-order valence-electron chi connectivity index (χ4n) is 1.92. The van der Waals surface area contributed by atoms with Crippen LogP contribution in [0.5, 0.6) is 0 Å². The molecule has 1 heterocycles. The van der Waals surface area contributed by atoms with Crippen LogP contribution in [0.2, 0.25) is 0 Å². The molecule has 19 heavy (non-hydrogen) atoms. The van der Waals surface area contributed by atoms with Gasteiger partial charge in [0.05, 0.1) is 6.54 Å². The normalized spacial score (nSPS) is 10.1. The maximum absolute atomic E-state index is 11.6. The van der Waals surface area contributed by atoms with E-state index in [-0.39, 0.29) is 5.91 Å². The Morgan fingerprint density at radius 2 is 2.00 bits per heavy atom. The molecule has 0 unspecified atom stereocenters. The Morgan fingerprint density at radius 1 is 1.26 bits per heavy atom. The number of rotatable bonds is 7. The minimum Gasteiger partial charge on any atom is -0.370 e. The predicted molar refractivity (Wildman–Crippen MR) is 77.5 cm³/mol. The van der Waals surface area contributed by atoms with Crippen LogP contribution in [0, 0.1) is 0 Å². The van der Waals surface area contributed by atoms with E-state index in [0.717, 1.165) is 30.2 Å². The predicted octanol–water partition coefficient (Wildman–Crippen LogP) is 1.04. The van der Waals surface area contributed by atoms with Gasteiger partial charge in [-0.2, -0.15) is 0 Å². The molecule has 6 nitrogen and oxygen atoms in total. The first kappa shape index (κ1) is 15.2. The molecular formula is C13H23N5O. The summed E-state index contributed by atoms with van der Waals surface area (Å²) in [5.41, 5.74) is 1.04. The smallest absolute Gasteiger partial charge is 0.239 e. The quantitative estimate of drug-likeness (QED) is 0.771. The lowest BCUT2D eigenvalue weighted by Gasteiger charge is -2.21. The molecule has 106 valence electrons. The fraction of sp³-hybridized carbons (Fsp3) is 0.615. The molecule has 0 saturated carbocycles. The summed E-state index contributed by atoms with van der Waals surface area (Å²) in [6.45, 7) is 7.73. The maximum Gasteiger partial charge on any atom is 0.239 e. The average Bonchev–Trinajstić information content (AvgIpc) is 2.39. The van der Waals surface area contributed by atoms with Crippen LogP contribution in [0.1, 0.15) is 26.3 Å². The number of carbonyl (C=O) groups is 1. The van der Waals surface area contributed by atoms with Gasteiger partial charge in [0.1, 0.15) is 18.0 Å². The van der Waals surface area contributed by atoms with E-state index in [0.29, 0.717) is 13.1 Å². The van der Waals surface area contributed by atoms with Gasteiger partial charge in [0.25, 0.3) is 0 Å². The molecule has 0 aliphatic rings. The molecule has 0 atom stereocenters. The Morgan fingerprint density at radius 3 is 2.58 bits per heavy atom. The summed E-state index contributed by atoms with van der Waals surface area (Å²) in [4.78, 5) is 22.0. The van der Waals surface area contributed by atoms with E-state index in [4.69, 9.17) is 0 Å². The number of amides is 1. The summed E-state index contributed by atoms with van der Waals surface area (Å²) in [6.07, 6.45) is 2.35. The first-order valence-corrected chi connectivity index (χ1v) is 6.69. The molecular weight excluding hydrogens is 242 g/mol. The highest BCUT2D eigenvalue weighted by molar-refractivity contribution is 5.81. The SMILES string of the molecule is CCNC(=O)CN(C)c1ncnc(NCC)c1CC. The summed E-state index contributed by atoms with van der Waals surface area (Å²) in [7, 11) is 1.87. The van der Waals surface area contributed by atoms with Crippen molar-refractivity contribution in [1.29, 1.82) is 0 Å². The van der Waals surface area contributed by atoms with E-state index in [2.05, 4.69) is 27.5 Å². The van der Waals surface area contributed by atoms with Crippen LogP contribution >= 0.6 is 0 Å². The summed E-state index contributed by atoms with van der Waals surface area (Å²) in [5.74, 6) is 1.65. The van der Waals surface area contributed by atoms with Gasteiger partial charge in [-0.05, 0) is 20.3 Å². The fourth-order valence-corrected chi connectivity index (χ4v) is 1.92. The van der Waals surface area contributed by atoms with Crippen molar-refractivity contribution in [2.24, 2.45) is 0 Å². The molecule has 0 saturated heterocycles. The van der Waals surface area contributed by atoms with Gasteiger partial charge in [-0.25, -0.2) is 9.97 Å². The number of nitrogens with one attached hydrogen (secondary N) is 2. The van der Waals surface area contributed by atoms with Gasteiger partial charge in [0.2, 0.25) is 5.91 Å². The van der Waals surface area contributed by atoms with Gasteiger partial charge in [-0.1, -0.05) is 6.92 Å². The van der Waals surface area contributed by atoms with Crippen LogP contribution in [-0.4, -0.2) is 42.6 Å². The highest BCUT2D eigenvalue weighted by Gasteiger charge is 2.15. The molecule has 0 aliphatic carbocycles. The second-order valence-corrected chi connectivity index (χ2v) is 4.22. The van der Waals surface area contributed by atoms with Gasteiger partial charge in [-0.15, -0.1) is 0 Å². The van der Waals surface area contributed by atoms with Crippen molar-refractivity contribution in [2.45, 2.75) is 27.2 Å². The largest absolute Gasteiger partial charge is 0.370 e. The topological polar surface area (TPSA) is 70.2 Å². The Kier molecular flexibility index (Phi) is 6.05. The molecule has 1 amide bonds. The van der Waals surface area contributed by atoms with Gasteiger partial charge in [0.15, 0.2) is 0 Å². The van der Waals surface area contributed by atoms with Crippen molar-refractivity contribution in [1.82, 2.24) is 15.3 Å². The summed E-state index contributed by atoms with van der Waals surface area (Å²) in [5, 5.41) is 6.01. The number of hydrogen-bond donors (Lipinski definition) is 2. The standard InChI is InChI=1S/C13H23N5O/c1-5-10-12(15-7-3)16-9-17-13(10)18(4)8-11(19)14-6-2/h9H,5-8H2,1-4H3,(H,14,19)(H,15,16,17). The van der Waals surface area contributed by atoms with Crippen LogP contribution in [0.4, 0.5) is 11.6 Å². The average molecular weight is 265 g/mol. The van der Waals surface area contributed by atoms with Crippen LogP contribution in [0.15, 0.2) is 6.33 Å². The highest BCUT2D eigenvalue weighted by atomic mass is 16.2. The first-order chi connectivity index (χ1) is 9.13. The summed E-state index contributed by atoms with van der Waals surface area (Å²) < 4.78 is 0. The summed E-state index contributed by atoms with van der Waals surface area (Å²) >= 11 is 0. The van der Waals surface area contributed by atoms with E-state index in [9.17, 15) is 4.79 Å². The third-order valence-electron chi connectivity index (χ3n) is 2.74. The molecule has 1 aromatic rings. The van der Waals surface area contributed by atoms with E-state index in [1.165, 1.54) is 6.33 Å². The molecule has 0 spiro atoms. The molecule has 0 bridgehead atoms. The van der Waals surface area contributed by atoms with Crippen molar-refractivity contribution in [3.05, 3.63) is 11.9 Å². The molecule has 1 aromatic heterocycles. The lowest BCUT2D eigenvalue weighted by atomic mass is 10.2. The lowest BCUT2D eigenvalue weighted by molar-refractivity contribution is -0.119. The van der Waals surface area contributed by atoms with E-state index in [1.54, 1.807) is 0 Å². The van der Waals surface area contributed by atoms with Crippen LogP contribution in [0.3, 0.4) is 0 Å². The number of nitrogens with zero attached hydrogens (tertiary/aromatic N) is 3. The molecule has 0 fully saturated rings. The third kappa shape index (κ3) is 4.08. The second kappa shape index (κ2) is 7.56.